The summed E-state index contributed by atoms with van der Waals surface area (Å²) < 4.78 is 37.0. The number of anilines is 1. The SMILES string of the molecule is CCOc1ccc(S(=O)(=O)N(C)CC(=O)Nc2ccccc2OCC)cc1. The molecule has 2 aromatic rings. The third kappa shape index (κ3) is 5.45. The Morgan fingerprint density at radius 1 is 1.00 bits per heavy atom. The fraction of sp³-hybridized carbons (Fsp3) is 0.316. The second-order valence-electron chi connectivity index (χ2n) is 5.64. The van der Waals surface area contributed by atoms with Gasteiger partial charge in [-0.15, -0.1) is 0 Å². The van der Waals surface area contributed by atoms with Crippen LogP contribution in [0.1, 0.15) is 13.8 Å². The van der Waals surface area contributed by atoms with Crippen molar-refractivity contribution in [1.29, 1.82) is 0 Å². The van der Waals surface area contributed by atoms with Crippen molar-refractivity contribution in [3.8, 4) is 11.5 Å². The van der Waals surface area contributed by atoms with E-state index in [1.807, 2.05) is 13.8 Å². The van der Waals surface area contributed by atoms with Crippen LogP contribution in [-0.4, -0.2) is 45.4 Å². The summed E-state index contributed by atoms with van der Waals surface area (Å²) in [5, 5.41) is 2.69. The molecule has 2 aromatic carbocycles. The molecule has 0 aliphatic carbocycles. The number of benzene rings is 2. The van der Waals surface area contributed by atoms with Gasteiger partial charge < -0.3 is 14.8 Å². The minimum Gasteiger partial charge on any atom is -0.494 e. The van der Waals surface area contributed by atoms with E-state index in [1.54, 1.807) is 36.4 Å². The van der Waals surface area contributed by atoms with Crippen molar-refractivity contribution in [2.75, 3.05) is 32.1 Å². The second-order valence-corrected chi connectivity index (χ2v) is 7.69. The highest BCUT2D eigenvalue weighted by atomic mass is 32.2. The van der Waals surface area contributed by atoms with Crippen LogP contribution in [0.2, 0.25) is 0 Å². The topological polar surface area (TPSA) is 84.9 Å². The van der Waals surface area contributed by atoms with Crippen LogP contribution in [0.4, 0.5) is 5.69 Å². The van der Waals surface area contributed by atoms with Crippen molar-refractivity contribution < 1.29 is 22.7 Å². The third-order valence-corrected chi connectivity index (χ3v) is 5.49. The molecule has 7 nitrogen and oxygen atoms in total. The Morgan fingerprint density at radius 2 is 1.63 bits per heavy atom. The van der Waals surface area contributed by atoms with Gasteiger partial charge in [0.25, 0.3) is 0 Å². The van der Waals surface area contributed by atoms with Crippen molar-refractivity contribution in [1.82, 2.24) is 4.31 Å². The smallest absolute Gasteiger partial charge is 0.243 e. The minimum atomic E-state index is -3.79. The van der Waals surface area contributed by atoms with Gasteiger partial charge in [0.05, 0.1) is 30.3 Å². The van der Waals surface area contributed by atoms with Gasteiger partial charge in [0.1, 0.15) is 11.5 Å². The maximum atomic E-state index is 12.6. The number of nitrogens with one attached hydrogen (secondary N) is 1. The van der Waals surface area contributed by atoms with Crippen LogP contribution in [0.25, 0.3) is 0 Å². The molecule has 0 aliphatic rings. The number of nitrogens with zero attached hydrogens (tertiary/aromatic N) is 1. The molecule has 1 N–H and O–H groups in total. The van der Waals surface area contributed by atoms with E-state index in [1.165, 1.54) is 19.2 Å². The van der Waals surface area contributed by atoms with Crippen LogP contribution in [-0.2, 0) is 14.8 Å². The van der Waals surface area contributed by atoms with Crippen molar-refractivity contribution >= 4 is 21.6 Å². The van der Waals surface area contributed by atoms with Crippen molar-refractivity contribution in [2.24, 2.45) is 0 Å². The van der Waals surface area contributed by atoms with Gasteiger partial charge in [-0.3, -0.25) is 4.79 Å². The number of carbonyl (C=O) groups excluding carboxylic acids is 1. The molecule has 8 heteroatoms. The average molecular weight is 392 g/mol. The zero-order chi connectivity index (χ0) is 19.9. The zero-order valence-electron chi connectivity index (χ0n) is 15.6. The molecule has 0 atom stereocenters. The molecule has 27 heavy (non-hydrogen) atoms. The normalized spacial score (nSPS) is 11.3. The predicted octanol–water partition coefficient (Wildman–Crippen LogP) is 2.74. The summed E-state index contributed by atoms with van der Waals surface area (Å²) in [4.78, 5) is 12.4. The van der Waals surface area contributed by atoms with E-state index in [0.717, 1.165) is 4.31 Å². The molecule has 0 radical (unpaired) electrons. The number of rotatable bonds is 9. The largest absolute Gasteiger partial charge is 0.494 e. The van der Waals surface area contributed by atoms with Crippen LogP contribution in [0, 0.1) is 0 Å². The van der Waals surface area contributed by atoms with Crippen LogP contribution in [0.3, 0.4) is 0 Å². The standard InChI is InChI=1S/C19H24N2O5S/c1-4-25-15-10-12-16(13-11-15)27(23,24)21(3)14-19(22)20-17-8-6-7-9-18(17)26-5-2/h6-13H,4-5,14H2,1-3H3,(H,20,22). The third-order valence-electron chi connectivity index (χ3n) is 3.67. The van der Waals surface area contributed by atoms with Crippen LogP contribution < -0.4 is 14.8 Å². The summed E-state index contributed by atoms with van der Waals surface area (Å²) >= 11 is 0. The summed E-state index contributed by atoms with van der Waals surface area (Å²) in [6, 6.07) is 13.1. The first kappa shape index (κ1) is 20.7. The lowest BCUT2D eigenvalue weighted by atomic mass is 10.3. The number of likely N-dealkylation sites (N-methyl/N-ethyl adjacent to an activating group) is 1. The molecule has 0 unspecified atom stereocenters. The number of sulfonamides is 1. The van der Waals surface area contributed by atoms with Gasteiger partial charge in [0.2, 0.25) is 15.9 Å². The predicted molar refractivity (Wildman–Crippen MR) is 104 cm³/mol. The van der Waals surface area contributed by atoms with Gasteiger partial charge in [0.15, 0.2) is 0 Å². The Kier molecular flexibility index (Phi) is 7.20. The van der Waals surface area contributed by atoms with Gasteiger partial charge in [0, 0.05) is 7.05 Å². The Labute approximate surface area is 160 Å². The van der Waals surface area contributed by atoms with Crippen LogP contribution in [0.15, 0.2) is 53.4 Å². The summed E-state index contributed by atoms with van der Waals surface area (Å²) in [7, 11) is -2.43. The molecular formula is C19H24N2O5S. The zero-order valence-corrected chi connectivity index (χ0v) is 16.5. The Hall–Kier alpha value is -2.58. The molecule has 0 aromatic heterocycles. The molecule has 0 saturated carbocycles. The maximum absolute atomic E-state index is 12.6. The molecule has 2 rings (SSSR count). The minimum absolute atomic E-state index is 0.0935. The number of hydrogen-bond donors (Lipinski definition) is 1. The van der Waals surface area contributed by atoms with E-state index in [2.05, 4.69) is 5.32 Å². The number of para-hydroxylation sites is 2. The first-order valence-electron chi connectivity index (χ1n) is 8.59. The highest BCUT2D eigenvalue weighted by Gasteiger charge is 2.23. The number of amides is 1. The van der Waals surface area contributed by atoms with E-state index >= 15 is 0 Å². The fourth-order valence-corrected chi connectivity index (χ4v) is 3.51. The monoisotopic (exact) mass is 392 g/mol. The van der Waals surface area contributed by atoms with Gasteiger partial charge in [-0.1, -0.05) is 12.1 Å². The van der Waals surface area contributed by atoms with E-state index in [0.29, 0.717) is 30.4 Å². The second kappa shape index (κ2) is 9.38. The summed E-state index contributed by atoms with van der Waals surface area (Å²) in [5.74, 6) is 0.661. The van der Waals surface area contributed by atoms with E-state index < -0.39 is 15.9 Å². The molecular weight excluding hydrogens is 368 g/mol. The Balaban J connectivity index is 2.06. The lowest BCUT2D eigenvalue weighted by Crippen LogP contribution is -2.35. The molecule has 0 fully saturated rings. The highest BCUT2D eigenvalue weighted by Crippen LogP contribution is 2.24. The van der Waals surface area contributed by atoms with E-state index in [4.69, 9.17) is 9.47 Å². The Bertz CT molecular complexity index is 866. The molecule has 0 heterocycles. The van der Waals surface area contributed by atoms with Gasteiger partial charge >= 0.3 is 0 Å². The molecule has 0 bridgehead atoms. The number of carbonyl (C=O) groups is 1. The summed E-state index contributed by atoms with van der Waals surface area (Å²) in [6.07, 6.45) is 0. The summed E-state index contributed by atoms with van der Waals surface area (Å²) in [6.45, 7) is 4.32. The fourth-order valence-electron chi connectivity index (χ4n) is 2.38. The maximum Gasteiger partial charge on any atom is 0.243 e. The molecule has 0 aliphatic heterocycles. The number of hydrogen-bond acceptors (Lipinski definition) is 5. The highest BCUT2D eigenvalue weighted by molar-refractivity contribution is 7.89. The van der Waals surface area contributed by atoms with Crippen molar-refractivity contribution in [3.63, 3.8) is 0 Å². The molecule has 0 saturated heterocycles. The lowest BCUT2D eigenvalue weighted by molar-refractivity contribution is -0.116. The molecule has 1 amide bonds. The van der Waals surface area contributed by atoms with Crippen molar-refractivity contribution in [2.45, 2.75) is 18.7 Å². The molecule has 0 spiro atoms. The van der Waals surface area contributed by atoms with E-state index in [9.17, 15) is 13.2 Å². The van der Waals surface area contributed by atoms with Gasteiger partial charge in [-0.05, 0) is 50.2 Å². The molecule has 146 valence electrons. The first-order valence-corrected chi connectivity index (χ1v) is 10.0. The van der Waals surface area contributed by atoms with Gasteiger partial charge in [-0.25, -0.2) is 8.42 Å². The Morgan fingerprint density at radius 3 is 2.26 bits per heavy atom. The van der Waals surface area contributed by atoms with Gasteiger partial charge in [-0.2, -0.15) is 4.31 Å². The first-order chi connectivity index (χ1) is 12.9. The summed E-state index contributed by atoms with van der Waals surface area (Å²) in [5.41, 5.74) is 0.496. The quantitative estimate of drug-likeness (QED) is 0.709. The van der Waals surface area contributed by atoms with Crippen LogP contribution in [0.5, 0.6) is 11.5 Å². The van der Waals surface area contributed by atoms with E-state index in [-0.39, 0.29) is 11.4 Å². The average Bonchev–Trinajstić information content (AvgIpc) is 2.64. The lowest BCUT2D eigenvalue weighted by Gasteiger charge is -2.18. The van der Waals surface area contributed by atoms with Crippen molar-refractivity contribution in [3.05, 3.63) is 48.5 Å². The number of ether oxygens (including phenoxy) is 2. The van der Waals surface area contributed by atoms with Crippen LogP contribution >= 0.6 is 0 Å².